The molecule has 0 aliphatic heterocycles. The van der Waals surface area contributed by atoms with Gasteiger partial charge in [-0.05, 0) is 13.0 Å². The molecule has 0 unspecified atom stereocenters. The van der Waals surface area contributed by atoms with Crippen molar-refractivity contribution in [1.82, 2.24) is 0 Å². The first-order valence-corrected chi connectivity index (χ1v) is 5.85. The second-order valence-electron chi connectivity index (χ2n) is 4.11. The van der Waals surface area contributed by atoms with Crippen LogP contribution in [0.25, 0.3) is 0 Å². The Morgan fingerprint density at radius 2 is 1.89 bits per heavy atom. The van der Waals surface area contributed by atoms with E-state index >= 15 is 0 Å². The van der Waals surface area contributed by atoms with Crippen molar-refractivity contribution in [3.63, 3.8) is 0 Å². The molecule has 0 bridgehead atoms. The van der Waals surface area contributed by atoms with Crippen LogP contribution >= 0.6 is 11.6 Å². The van der Waals surface area contributed by atoms with Crippen LogP contribution in [0.3, 0.4) is 0 Å². The molecule has 19 heavy (non-hydrogen) atoms. The summed E-state index contributed by atoms with van der Waals surface area (Å²) in [5, 5.41) is 16.8. The molecule has 2 N–H and O–H groups in total. The third-order valence-electron chi connectivity index (χ3n) is 2.84. The van der Waals surface area contributed by atoms with Gasteiger partial charge in [-0.3, -0.25) is 10.2 Å². The number of hydrogen-bond donors (Lipinski definition) is 2. The van der Waals surface area contributed by atoms with Crippen molar-refractivity contribution in [3.8, 4) is 0 Å². The number of carbonyl (C=O) groups is 2. The van der Waals surface area contributed by atoms with Crippen LogP contribution in [0.5, 0.6) is 0 Å². The van der Waals surface area contributed by atoms with E-state index in [4.69, 9.17) is 22.1 Å². The Kier molecular flexibility index (Phi) is 3.36. The van der Waals surface area contributed by atoms with Crippen molar-refractivity contribution >= 4 is 29.1 Å². The van der Waals surface area contributed by atoms with E-state index in [1.165, 1.54) is 13.0 Å². The average molecular weight is 276 g/mol. The largest absolute Gasteiger partial charge is 0.478 e. The van der Waals surface area contributed by atoms with E-state index in [0.29, 0.717) is 11.1 Å². The van der Waals surface area contributed by atoms with Gasteiger partial charge in [-0.2, -0.15) is 0 Å². The van der Waals surface area contributed by atoms with Gasteiger partial charge in [0.2, 0.25) is 0 Å². The van der Waals surface area contributed by atoms with E-state index in [1.807, 2.05) is 0 Å². The number of fused-ring (bicyclic) bond motifs is 1. The monoisotopic (exact) mass is 275 g/mol. The molecule has 0 amide bonds. The van der Waals surface area contributed by atoms with Crippen LogP contribution in [0, 0.1) is 5.41 Å². The summed E-state index contributed by atoms with van der Waals surface area (Å²) in [5.41, 5.74) is 0.893. The van der Waals surface area contributed by atoms with Crippen molar-refractivity contribution in [2.75, 3.05) is 0 Å². The lowest BCUT2D eigenvalue weighted by Gasteiger charge is -2.17. The number of aliphatic carboxylic acids is 1. The molecular weight excluding hydrogens is 266 g/mol. The minimum absolute atomic E-state index is 0.00585. The predicted molar refractivity (Wildman–Crippen MR) is 71.9 cm³/mol. The second-order valence-corrected chi connectivity index (χ2v) is 4.49. The number of carboxylic acid groups (broad SMARTS) is 1. The standard InChI is InChI=1S/C14H10ClNO3/c1-7(14(18)19)6-10-11(15)12(16)8-4-2-3-5-9(8)13(10)17/h2-6,16H,1H3,(H,18,19)/b7-6-,16-12?. The van der Waals surface area contributed by atoms with E-state index in [9.17, 15) is 9.59 Å². The molecular formula is C14H10ClNO3. The number of Topliss-reactive ketones (excluding diaryl/α,β-unsaturated/α-hetero) is 1. The van der Waals surface area contributed by atoms with Gasteiger partial charge in [0.25, 0.3) is 0 Å². The smallest absolute Gasteiger partial charge is 0.331 e. The fraction of sp³-hybridized carbons (Fsp3) is 0.0714. The molecule has 0 saturated carbocycles. The molecule has 1 aliphatic carbocycles. The van der Waals surface area contributed by atoms with Crippen LogP contribution in [-0.4, -0.2) is 22.6 Å². The van der Waals surface area contributed by atoms with Crippen molar-refractivity contribution in [3.05, 3.63) is 57.6 Å². The zero-order valence-electron chi connectivity index (χ0n) is 10.0. The Morgan fingerprint density at radius 3 is 2.47 bits per heavy atom. The highest BCUT2D eigenvalue weighted by molar-refractivity contribution is 6.51. The van der Waals surface area contributed by atoms with Crippen LogP contribution in [0.4, 0.5) is 0 Å². The molecule has 0 spiro atoms. The lowest BCUT2D eigenvalue weighted by molar-refractivity contribution is -0.132. The van der Waals surface area contributed by atoms with E-state index in [-0.39, 0.29) is 27.7 Å². The molecule has 1 aromatic carbocycles. The number of ketones is 1. The van der Waals surface area contributed by atoms with Crippen LogP contribution in [-0.2, 0) is 4.79 Å². The summed E-state index contributed by atoms with van der Waals surface area (Å²) in [6.07, 6.45) is 1.21. The first kappa shape index (κ1) is 13.2. The molecule has 4 nitrogen and oxygen atoms in total. The Balaban J connectivity index is 2.61. The van der Waals surface area contributed by atoms with Gasteiger partial charge < -0.3 is 5.11 Å². The molecule has 5 heteroatoms. The van der Waals surface area contributed by atoms with Gasteiger partial charge in [-0.15, -0.1) is 0 Å². The van der Waals surface area contributed by atoms with Crippen LogP contribution in [0.15, 0.2) is 46.5 Å². The number of rotatable bonds is 2. The molecule has 96 valence electrons. The summed E-state index contributed by atoms with van der Waals surface area (Å²) in [5.74, 6) is -1.49. The summed E-state index contributed by atoms with van der Waals surface area (Å²) in [6, 6.07) is 6.64. The number of carbonyl (C=O) groups excluding carboxylic acids is 1. The highest BCUT2D eigenvalue weighted by Gasteiger charge is 2.27. The number of allylic oxidation sites excluding steroid dienone is 3. The lowest BCUT2D eigenvalue weighted by Crippen LogP contribution is -2.19. The third-order valence-corrected chi connectivity index (χ3v) is 3.23. The summed E-state index contributed by atoms with van der Waals surface area (Å²) in [6.45, 7) is 1.37. The van der Waals surface area contributed by atoms with Gasteiger partial charge in [0.05, 0.1) is 10.7 Å². The Bertz CT molecular complexity index is 671. The van der Waals surface area contributed by atoms with Gasteiger partial charge in [0.1, 0.15) is 0 Å². The molecule has 0 saturated heterocycles. The first-order chi connectivity index (χ1) is 8.93. The van der Waals surface area contributed by atoms with E-state index in [2.05, 4.69) is 0 Å². The number of hydrogen-bond acceptors (Lipinski definition) is 3. The summed E-state index contributed by atoms with van der Waals surface area (Å²) < 4.78 is 0. The molecule has 2 rings (SSSR count). The minimum atomic E-state index is -1.13. The molecule has 1 aromatic rings. The molecule has 0 radical (unpaired) electrons. The van der Waals surface area contributed by atoms with Crippen molar-refractivity contribution in [2.24, 2.45) is 0 Å². The normalized spacial score (nSPS) is 15.6. The molecule has 1 aliphatic rings. The summed E-state index contributed by atoms with van der Waals surface area (Å²) >= 11 is 6.00. The topological polar surface area (TPSA) is 78.2 Å². The number of nitrogens with one attached hydrogen (secondary N) is 1. The maximum atomic E-state index is 12.3. The third kappa shape index (κ3) is 2.22. The van der Waals surface area contributed by atoms with Gasteiger partial charge in [-0.25, -0.2) is 4.79 Å². The Hall–Kier alpha value is -2.20. The quantitative estimate of drug-likeness (QED) is 0.815. The highest BCUT2D eigenvalue weighted by Crippen LogP contribution is 2.29. The lowest BCUT2D eigenvalue weighted by atomic mass is 9.88. The van der Waals surface area contributed by atoms with Crippen LogP contribution in [0.1, 0.15) is 22.8 Å². The van der Waals surface area contributed by atoms with E-state index < -0.39 is 5.97 Å². The van der Waals surface area contributed by atoms with Gasteiger partial charge in [-0.1, -0.05) is 35.9 Å². The van der Waals surface area contributed by atoms with Crippen LogP contribution in [0.2, 0.25) is 0 Å². The zero-order chi connectivity index (χ0) is 14.2. The molecule has 0 heterocycles. The maximum Gasteiger partial charge on any atom is 0.331 e. The molecule has 0 fully saturated rings. The van der Waals surface area contributed by atoms with Crippen molar-refractivity contribution in [1.29, 1.82) is 5.41 Å². The number of carboxylic acids is 1. The van der Waals surface area contributed by atoms with Gasteiger partial charge in [0, 0.05) is 22.3 Å². The van der Waals surface area contributed by atoms with Crippen molar-refractivity contribution < 1.29 is 14.7 Å². The Morgan fingerprint density at radius 1 is 1.32 bits per heavy atom. The Labute approximate surface area is 114 Å². The number of halogens is 1. The number of benzene rings is 1. The zero-order valence-corrected chi connectivity index (χ0v) is 10.8. The predicted octanol–water partition coefficient (Wildman–Crippen LogP) is 2.77. The van der Waals surface area contributed by atoms with Crippen LogP contribution < -0.4 is 0 Å². The fourth-order valence-corrected chi connectivity index (χ4v) is 2.05. The van der Waals surface area contributed by atoms with Gasteiger partial charge >= 0.3 is 5.97 Å². The second kappa shape index (κ2) is 4.82. The molecule has 0 atom stereocenters. The average Bonchev–Trinajstić information content (AvgIpc) is 2.40. The minimum Gasteiger partial charge on any atom is -0.478 e. The summed E-state index contributed by atoms with van der Waals surface area (Å²) in [7, 11) is 0. The van der Waals surface area contributed by atoms with E-state index in [1.54, 1.807) is 24.3 Å². The van der Waals surface area contributed by atoms with Gasteiger partial charge in [0.15, 0.2) is 5.78 Å². The van der Waals surface area contributed by atoms with Crippen molar-refractivity contribution in [2.45, 2.75) is 6.92 Å². The maximum absolute atomic E-state index is 12.3. The highest BCUT2D eigenvalue weighted by atomic mass is 35.5. The molecule has 0 aromatic heterocycles. The van der Waals surface area contributed by atoms with E-state index in [0.717, 1.165) is 0 Å². The summed E-state index contributed by atoms with van der Waals surface area (Å²) in [4.78, 5) is 23.1. The fourth-order valence-electron chi connectivity index (χ4n) is 1.80. The first-order valence-electron chi connectivity index (χ1n) is 5.48. The SMILES string of the molecule is C/C(=C/C1=C(Cl)C(=N)c2ccccc2C1=O)C(=O)O.